The minimum absolute atomic E-state index is 0.0258. The van der Waals surface area contributed by atoms with Gasteiger partial charge in [-0.3, -0.25) is 0 Å². The first-order valence-electron chi connectivity index (χ1n) is 8.06. The number of alkyl halides is 2. The summed E-state index contributed by atoms with van der Waals surface area (Å²) in [5, 5.41) is 0.992. The van der Waals surface area contributed by atoms with Crippen LogP contribution in [-0.4, -0.2) is 6.61 Å². The summed E-state index contributed by atoms with van der Waals surface area (Å²) in [7, 11) is 0. The number of ether oxygens (including phenoxy) is 1. The van der Waals surface area contributed by atoms with Crippen molar-refractivity contribution in [2.75, 3.05) is 0 Å². The van der Waals surface area contributed by atoms with Crippen LogP contribution in [0.3, 0.4) is 0 Å². The van der Waals surface area contributed by atoms with Crippen molar-refractivity contribution in [3.63, 3.8) is 0 Å². The average Bonchev–Trinajstić information content (AvgIpc) is 2.58. The van der Waals surface area contributed by atoms with Crippen LogP contribution in [0.5, 0.6) is 5.75 Å². The summed E-state index contributed by atoms with van der Waals surface area (Å²) < 4.78 is 70.9. The second-order valence-corrected chi connectivity index (χ2v) is 5.88. The third-order valence-corrected chi connectivity index (χ3v) is 4.07. The van der Waals surface area contributed by atoms with Crippen molar-refractivity contribution >= 4 is 10.8 Å². The standard InChI is InChI=1S/C20H15F5O/c1-2-3-11-4-6-14-12(8-11)5-7-15(18(14)23)13-9-16(21)19(17(22)10-13)26-20(24)25/h4-10,20H,2-3H2,1H3. The highest BCUT2D eigenvalue weighted by Gasteiger charge is 2.19. The molecule has 0 spiro atoms. The van der Waals surface area contributed by atoms with Gasteiger partial charge in [-0.25, -0.2) is 13.2 Å². The van der Waals surface area contributed by atoms with Gasteiger partial charge in [0, 0.05) is 10.9 Å². The minimum Gasteiger partial charge on any atom is -0.429 e. The Morgan fingerprint density at radius 1 is 0.923 bits per heavy atom. The summed E-state index contributed by atoms with van der Waals surface area (Å²) in [6.07, 6.45) is 1.82. The van der Waals surface area contributed by atoms with Gasteiger partial charge in [-0.2, -0.15) is 8.78 Å². The van der Waals surface area contributed by atoms with Crippen LogP contribution in [0.1, 0.15) is 18.9 Å². The molecule has 0 aliphatic carbocycles. The van der Waals surface area contributed by atoms with Crippen LogP contribution < -0.4 is 4.74 Å². The van der Waals surface area contributed by atoms with Crippen molar-refractivity contribution in [3.8, 4) is 16.9 Å². The van der Waals surface area contributed by atoms with E-state index in [2.05, 4.69) is 4.74 Å². The van der Waals surface area contributed by atoms with Crippen LogP contribution in [0.15, 0.2) is 42.5 Å². The van der Waals surface area contributed by atoms with Gasteiger partial charge in [-0.1, -0.05) is 43.7 Å². The summed E-state index contributed by atoms with van der Waals surface area (Å²) in [6.45, 7) is -1.32. The van der Waals surface area contributed by atoms with Crippen molar-refractivity contribution in [3.05, 3.63) is 65.5 Å². The van der Waals surface area contributed by atoms with Crippen LogP contribution in [0.2, 0.25) is 0 Å². The Labute approximate surface area is 147 Å². The fourth-order valence-corrected chi connectivity index (χ4v) is 2.93. The van der Waals surface area contributed by atoms with Crippen molar-refractivity contribution in [1.82, 2.24) is 0 Å². The van der Waals surface area contributed by atoms with E-state index in [1.165, 1.54) is 6.07 Å². The lowest BCUT2D eigenvalue weighted by Crippen LogP contribution is -2.06. The normalized spacial score (nSPS) is 11.3. The van der Waals surface area contributed by atoms with E-state index < -0.39 is 29.8 Å². The van der Waals surface area contributed by atoms with E-state index in [9.17, 15) is 22.0 Å². The third-order valence-electron chi connectivity index (χ3n) is 4.07. The number of hydrogen-bond acceptors (Lipinski definition) is 1. The number of hydrogen-bond donors (Lipinski definition) is 0. The Bertz CT molecular complexity index is 929. The molecule has 3 rings (SSSR count). The van der Waals surface area contributed by atoms with Crippen molar-refractivity contribution < 1.29 is 26.7 Å². The molecule has 0 aliphatic heterocycles. The molecule has 0 heterocycles. The Morgan fingerprint density at radius 2 is 1.62 bits per heavy atom. The highest BCUT2D eigenvalue weighted by Crippen LogP contribution is 2.34. The Hall–Kier alpha value is -2.63. The fourth-order valence-electron chi connectivity index (χ4n) is 2.93. The van der Waals surface area contributed by atoms with Crippen LogP contribution in [-0.2, 0) is 6.42 Å². The molecule has 0 saturated heterocycles. The van der Waals surface area contributed by atoms with E-state index in [0.29, 0.717) is 10.8 Å². The third kappa shape index (κ3) is 3.49. The SMILES string of the molecule is CCCc1ccc2c(F)c(-c3cc(F)c(OC(F)F)c(F)c3)ccc2c1. The number of aryl methyl sites for hydroxylation is 1. The van der Waals surface area contributed by atoms with E-state index in [4.69, 9.17) is 0 Å². The van der Waals surface area contributed by atoms with Crippen molar-refractivity contribution in [1.29, 1.82) is 0 Å². The Balaban J connectivity index is 2.08. The van der Waals surface area contributed by atoms with E-state index in [1.54, 1.807) is 18.2 Å². The highest BCUT2D eigenvalue weighted by molar-refractivity contribution is 5.88. The zero-order chi connectivity index (χ0) is 18.8. The lowest BCUT2D eigenvalue weighted by molar-refractivity contribution is -0.0546. The Morgan fingerprint density at radius 3 is 2.23 bits per heavy atom. The van der Waals surface area contributed by atoms with Crippen molar-refractivity contribution in [2.24, 2.45) is 0 Å². The van der Waals surface area contributed by atoms with Gasteiger partial charge >= 0.3 is 6.61 Å². The fraction of sp³-hybridized carbons (Fsp3) is 0.200. The molecular formula is C20H15F5O. The number of fused-ring (bicyclic) bond motifs is 1. The van der Waals surface area contributed by atoms with Crippen LogP contribution >= 0.6 is 0 Å². The molecule has 0 saturated carbocycles. The smallest absolute Gasteiger partial charge is 0.387 e. The lowest BCUT2D eigenvalue weighted by atomic mass is 9.98. The van der Waals surface area contributed by atoms with Gasteiger partial charge in [0.2, 0.25) is 0 Å². The van der Waals surface area contributed by atoms with Crippen LogP contribution in [0.4, 0.5) is 22.0 Å². The predicted octanol–water partition coefficient (Wildman–Crippen LogP) is 6.48. The number of halogens is 5. The first-order valence-corrected chi connectivity index (χ1v) is 8.06. The largest absolute Gasteiger partial charge is 0.429 e. The highest BCUT2D eigenvalue weighted by atomic mass is 19.3. The molecule has 136 valence electrons. The first-order chi connectivity index (χ1) is 12.4. The molecule has 6 heteroatoms. The summed E-state index contributed by atoms with van der Waals surface area (Å²) >= 11 is 0. The molecule has 0 aromatic heterocycles. The second-order valence-electron chi connectivity index (χ2n) is 5.88. The maximum Gasteiger partial charge on any atom is 0.387 e. The molecule has 0 bridgehead atoms. The molecule has 0 unspecified atom stereocenters. The molecular weight excluding hydrogens is 351 g/mol. The van der Waals surface area contributed by atoms with E-state index in [0.717, 1.165) is 30.5 Å². The molecule has 0 aliphatic rings. The van der Waals surface area contributed by atoms with E-state index >= 15 is 0 Å². The molecule has 0 atom stereocenters. The number of benzene rings is 3. The van der Waals surface area contributed by atoms with Gasteiger partial charge in [0.1, 0.15) is 5.82 Å². The zero-order valence-corrected chi connectivity index (χ0v) is 13.8. The maximum absolute atomic E-state index is 14.9. The van der Waals surface area contributed by atoms with E-state index in [-0.39, 0.29) is 11.1 Å². The topological polar surface area (TPSA) is 9.23 Å². The maximum atomic E-state index is 14.9. The van der Waals surface area contributed by atoms with E-state index in [1.807, 2.05) is 13.0 Å². The quantitative estimate of drug-likeness (QED) is 0.470. The summed E-state index contributed by atoms with van der Waals surface area (Å²) in [5.74, 6) is -4.46. The summed E-state index contributed by atoms with van der Waals surface area (Å²) in [5.41, 5.74) is 0.943. The molecule has 0 amide bonds. The van der Waals surface area contributed by atoms with Gasteiger partial charge in [-0.15, -0.1) is 0 Å². The zero-order valence-electron chi connectivity index (χ0n) is 13.8. The monoisotopic (exact) mass is 366 g/mol. The molecule has 3 aromatic carbocycles. The summed E-state index contributed by atoms with van der Waals surface area (Å²) in [6, 6.07) is 9.92. The lowest BCUT2D eigenvalue weighted by Gasteiger charge is -2.11. The predicted molar refractivity (Wildman–Crippen MR) is 89.9 cm³/mol. The van der Waals surface area contributed by atoms with Gasteiger partial charge in [0.25, 0.3) is 0 Å². The van der Waals surface area contributed by atoms with Crippen LogP contribution in [0.25, 0.3) is 21.9 Å². The molecule has 0 radical (unpaired) electrons. The Kier molecular flexibility index (Phi) is 5.11. The van der Waals surface area contributed by atoms with Gasteiger partial charge in [0.15, 0.2) is 17.4 Å². The molecule has 3 aromatic rings. The van der Waals surface area contributed by atoms with Crippen LogP contribution in [0, 0.1) is 17.5 Å². The molecule has 0 fully saturated rings. The second kappa shape index (κ2) is 7.32. The first kappa shape index (κ1) is 18.2. The van der Waals surface area contributed by atoms with Crippen molar-refractivity contribution in [2.45, 2.75) is 26.4 Å². The van der Waals surface area contributed by atoms with Gasteiger partial charge < -0.3 is 4.74 Å². The average molecular weight is 366 g/mol. The van der Waals surface area contributed by atoms with Gasteiger partial charge in [0.05, 0.1) is 0 Å². The molecule has 26 heavy (non-hydrogen) atoms. The minimum atomic E-state index is -3.36. The van der Waals surface area contributed by atoms with Gasteiger partial charge in [-0.05, 0) is 35.1 Å². The molecule has 0 N–H and O–H groups in total. The number of rotatable bonds is 5. The summed E-state index contributed by atoms with van der Waals surface area (Å²) in [4.78, 5) is 0. The molecule has 1 nitrogen and oxygen atoms in total.